The Hall–Kier alpha value is -0.823. The standard InChI is InChI=1S/C12H18Si/c1-5-13(12(2,3)4)11-9-7-6-8-10-11/h5-10,13H,1H2,2-4H3. The zero-order valence-corrected chi connectivity index (χ0v) is 9.90. The van der Waals surface area contributed by atoms with Crippen LogP contribution >= 0.6 is 0 Å². The molecule has 0 aliphatic carbocycles. The zero-order chi connectivity index (χ0) is 9.90. The van der Waals surface area contributed by atoms with Crippen LogP contribution < -0.4 is 5.19 Å². The maximum Gasteiger partial charge on any atom is 0.0987 e. The first-order valence-electron chi connectivity index (χ1n) is 4.73. The maximum absolute atomic E-state index is 3.97. The van der Waals surface area contributed by atoms with Crippen molar-refractivity contribution in [1.29, 1.82) is 0 Å². The van der Waals surface area contributed by atoms with E-state index in [0.717, 1.165) is 0 Å². The summed E-state index contributed by atoms with van der Waals surface area (Å²) in [6, 6.07) is 10.8. The van der Waals surface area contributed by atoms with Gasteiger partial charge in [-0.15, -0.1) is 6.58 Å². The van der Waals surface area contributed by atoms with E-state index in [1.807, 2.05) is 0 Å². The Morgan fingerprint density at radius 3 is 2.08 bits per heavy atom. The van der Waals surface area contributed by atoms with E-state index in [1.165, 1.54) is 5.19 Å². The first-order chi connectivity index (χ1) is 6.05. The third-order valence-corrected chi connectivity index (χ3v) is 5.77. The second-order valence-electron chi connectivity index (χ2n) is 4.49. The molecule has 1 aromatic carbocycles. The number of benzene rings is 1. The molecule has 0 spiro atoms. The maximum atomic E-state index is 3.97. The summed E-state index contributed by atoms with van der Waals surface area (Å²) in [5.41, 5.74) is 2.18. The van der Waals surface area contributed by atoms with Crippen LogP contribution in [0.15, 0.2) is 42.6 Å². The minimum atomic E-state index is -0.996. The summed E-state index contributed by atoms with van der Waals surface area (Å²) < 4.78 is 0. The molecule has 1 heteroatoms. The molecule has 1 aromatic rings. The van der Waals surface area contributed by atoms with Crippen molar-refractivity contribution in [2.75, 3.05) is 0 Å². The molecule has 0 radical (unpaired) electrons. The van der Waals surface area contributed by atoms with Gasteiger partial charge in [-0.25, -0.2) is 0 Å². The molecule has 0 aliphatic rings. The highest BCUT2D eigenvalue weighted by Crippen LogP contribution is 2.26. The highest BCUT2D eigenvalue weighted by Gasteiger charge is 2.24. The van der Waals surface area contributed by atoms with Crippen molar-refractivity contribution in [2.24, 2.45) is 0 Å². The van der Waals surface area contributed by atoms with Crippen LogP contribution in [0, 0.1) is 0 Å². The molecule has 1 unspecified atom stereocenters. The van der Waals surface area contributed by atoms with Gasteiger partial charge in [-0.05, 0) is 5.04 Å². The fourth-order valence-electron chi connectivity index (χ4n) is 1.65. The summed E-state index contributed by atoms with van der Waals surface area (Å²) in [6.07, 6.45) is 0. The van der Waals surface area contributed by atoms with E-state index >= 15 is 0 Å². The van der Waals surface area contributed by atoms with E-state index in [9.17, 15) is 0 Å². The minimum absolute atomic E-state index is 0.392. The molecule has 0 heterocycles. The van der Waals surface area contributed by atoms with Crippen LogP contribution in [0.5, 0.6) is 0 Å². The van der Waals surface area contributed by atoms with E-state index in [-0.39, 0.29) is 0 Å². The molecule has 0 fully saturated rings. The fraction of sp³-hybridized carbons (Fsp3) is 0.333. The lowest BCUT2D eigenvalue weighted by Crippen LogP contribution is -2.36. The fourth-order valence-corrected chi connectivity index (χ4v) is 4.27. The van der Waals surface area contributed by atoms with Gasteiger partial charge in [0.15, 0.2) is 0 Å². The normalized spacial score (nSPS) is 13.8. The second-order valence-corrected chi connectivity index (χ2v) is 8.32. The summed E-state index contributed by atoms with van der Waals surface area (Å²) in [5, 5.41) is 1.88. The van der Waals surface area contributed by atoms with Crippen LogP contribution in [-0.4, -0.2) is 8.80 Å². The Bertz CT molecular complexity index is 269. The van der Waals surface area contributed by atoms with Gasteiger partial charge in [-0.2, -0.15) is 0 Å². The van der Waals surface area contributed by atoms with Gasteiger partial charge in [0.1, 0.15) is 0 Å². The molecular formula is C12H18Si. The molecular weight excluding hydrogens is 172 g/mol. The monoisotopic (exact) mass is 190 g/mol. The van der Waals surface area contributed by atoms with Crippen molar-refractivity contribution in [3.63, 3.8) is 0 Å². The predicted octanol–water partition coefficient (Wildman–Crippen LogP) is 2.65. The third-order valence-electron chi connectivity index (χ3n) is 2.33. The molecule has 0 aliphatic heterocycles. The summed E-state index contributed by atoms with van der Waals surface area (Å²) in [4.78, 5) is 0. The van der Waals surface area contributed by atoms with Gasteiger partial charge in [0.05, 0.1) is 8.80 Å². The number of hydrogen-bond donors (Lipinski definition) is 0. The third kappa shape index (κ3) is 2.56. The van der Waals surface area contributed by atoms with Gasteiger partial charge < -0.3 is 0 Å². The Morgan fingerprint density at radius 1 is 1.15 bits per heavy atom. The number of rotatable bonds is 2. The predicted molar refractivity (Wildman–Crippen MR) is 63.1 cm³/mol. The van der Waals surface area contributed by atoms with E-state index in [2.05, 4.69) is 63.4 Å². The van der Waals surface area contributed by atoms with Crippen molar-refractivity contribution in [1.82, 2.24) is 0 Å². The first kappa shape index (κ1) is 10.3. The van der Waals surface area contributed by atoms with Crippen molar-refractivity contribution < 1.29 is 0 Å². The molecule has 0 N–H and O–H groups in total. The zero-order valence-electron chi connectivity index (χ0n) is 8.75. The molecule has 1 atom stereocenters. The average Bonchev–Trinajstić information content (AvgIpc) is 2.05. The van der Waals surface area contributed by atoms with Gasteiger partial charge in [0.2, 0.25) is 0 Å². The molecule has 0 saturated heterocycles. The Labute approximate surface area is 82.9 Å². The van der Waals surface area contributed by atoms with Crippen molar-refractivity contribution in [3.8, 4) is 0 Å². The number of hydrogen-bond acceptors (Lipinski definition) is 0. The summed E-state index contributed by atoms with van der Waals surface area (Å²) in [7, 11) is -0.996. The van der Waals surface area contributed by atoms with Gasteiger partial charge in [0, 0.05) is 0 Å². The Balaban J connectivity index is 2.99. The molecule has 70 valence electrons. The summed E-state index contributed by atoms with van der Waals surface area (Å²) in [5.74, 6) is 0. The molecule has 0 saturated carbocycles. The van der Waals surface area contributed by atoms with Crippen LogP contribution in [0.4, 0.5) is 0 Å². The topological polar surface area (TPSA) is 0 Å². The van der Waals surface area contributed by atoms with E-state index in [0.29, 0.717) is 5.04 Å². The van der Waals surface area contributed by atoms with Crippen molar-refractivity contribution in [3.05, 3.63) is 42.6 Å². The first-order valence-corrected chi connectivity index (χ1v) is 6.55. The quantitative estimate of drug-likeness (QED) is 0.629. The van der Waals surface area contributed by atoms with Gasteiger partial charge in [0.25, 0.3) is 0 Å². The molecule has 13 heavy (non-hydrogen) atoms. The van der Waals surface area contributed by atoms with Gasteiger partial charge in [-0.1, -0.05) is 62.0 Å². The Morgan fingerprint density at radius 2 is 1.69 bits per heavy atom. The SMILES string of the molecule is C=C[SiH](c1ccccc1)C(C)(C)C. The average molecular weight is 190 g/mol. The van der Waals surface area contributed by atoms with E-state index < -0.39 is 8.80 Å². The van der Waals surface area contributed by atoms with Crippen LogP contribution in [0.2, 0.25) is 5.04 Å². The highest BCUT2D eigenvalue weighted by atomic mass is 28.3. The second kappa shape index (κ2) is 3.92. The Kier molecular flexibility index (Phi) is 3.10. The lowest BCUT2D eigenvalue weighted by atomic mass is 10.2. The lowest BCUT2D eigenvalue weighted by Gasteiger charge is -2.26. The summed E-state index contributed by atoms with van der Waals surface area (Å²) >= 11 is 0. The van der Waals surface area contributed by atoms with Crippen LogP contribution in [0.3, 0.4) is 0 Å². The lowest BCUT2D eigenvalue weighted by molar-refractivity contribution is 0.749. The van der Waals surface area contributed by atoms with Crippen LogP contribution in [0.25, 0.3) is 0 Å². The minimum Gasteiger partial charge on any atom is -0.107 e. The largest absolute Gasteiger partial charge is 0.107 e. The van der Waals surface area contributed by atoms with Crippen LogP contribution in [-0.2, 0) is 0 Å². The van der Waals surface area contributed by atoms with Crippen LogP contribution in [0.1, 0.15) is 20.8 Å². The molecule has 0 nitrogen and oxygen atoms in total. The molecule has 0 amide bonds. The highest BCUT2D eigenvalue weighted by molar-refractivity contribution is 6.80. The molecule has 0 bridgehead atoms. The smallest absolute Gasteiger partial charge is 0.0987 e. The van der Waals surface area contributed by atoms with Gasteiger partial charge >= 0.3 is 0 Å². The van der Waals surface area contributed by atoms with Gasteiger partial charge in [-0.3, -0.25) is 0 Å². The van der Waals surface area contributed by atoms with Crippen molar-refractivity contribution >= 4 is 14.0 Å². The summed E-state index contributed by atoms with van der Waals surface area (Å²) in [6.45, 7) is 10.9. The van der Waals surface area contributed by atoms with Crippen molar-refractivity contribution in [2.45, 2.75) is 25.8 Å². The molecule has 0 aromatic heterocycles. The molecule has 1 rings (SSSR count). The van der Waals surface area contributed by atoms with E-state index in [4.69, 9.17) is 0 Å². The van der Waals surface area contributed by atoms with E-state index in [1.54, 1.807) is 0 Å².